The largest absolute Gasteiger partial charge is 0.481 e. The van der Waals surface area contributed by atoms with Gasteiger partial charge in [0.2, 0.25) is 5.82 Å². The summed E-state index contributed by atoms with van der Waals surface area (Å²) in [5.74, 6) is -0.220. The fourth-order valence-corrected chi connectivity index (χ4v) is 13.0. The Bertz CT molecular complexity index is 1600. The molecule has 12 atom stereocenters. The van der Waals surface area contributed by atoms with Crippen molar-refractivity contribution in [3.05, 3.63) is 23.8 Å². The maximum atomic E-state index is 13.6. The van der Waals surface area contributed by atoms with E-state index < -0.39 is 41.5 Å². The first kappa shape index (κ1) is 41.3. The summed E-state index contributed by atoms with van der Waals surface area (Å²) in [4.78, 5) is 31.5. The number of hydrogen-bond donors (Lipinski definition) is 3. The number of amides is 1. The maximum absolute atomic E-state index is 13.6. The number of likely N-dealkylation sites (N-methyl/N-ethyl adjacent to an activating group) is 1. The monoisotopic (exact) mass is 756 g/mol. The number of alkyl halides is 1. The van der Waals surface area contributed by atoms with Crippen LogP contribution < -0.4 is 10.6 Å². The van der Waals surface area contributed by atoms with E-state index >= 15 is 0 Å². The van der Waals surface area contributed by atoms with Crippen molar-refractivity contribution in [2.45, 2.75) is 139 Å². The predicted octanol–water partition coefficient (Wildman–Crippen LogP) is 7.86. The molecule has 0 radical (unpaired) electrons. The van der Waals surface area contributed by atoms with E-state index in [9.17, 15) is 19.1 Å². The number of carboxylic acids is 1. The second-order valence-electron chi connectivity index (χ2n) is 20.0. The number of hydrogen-bond acceptors (Lipinski definition) is 7. The number of nitrogens with one attached hydrogen (secondary N) is 2. The number of rotatable bonds is 13. The van der Waals surface area contributed by atoms with E-state index in [1.165, 1.54) is 11.9 Å². The van der Waals surface area contributed by atoms with Gasteiger partial charge in [0.25, 0.3) is 5.91 Å². The standard InChI is InChI=1S/C43H70FN5O5/c1-12-47-42(11,27(4)5)24-53-29-21-38(7)23-54-37(49-34(46-25-48-49)35(50)45-20-19-44)43(22-29)31-15-16-41(10)33(36(51)52)39(8,28(6)26(2)3)17-18-40(41,9)30(31)13-14-32(38)43/h15,25-30,32-33,37,47H,12-14,16-24H2,1-11H3,(H,45,50)(H,51,52)/t28-,29-,30+,32-,33-,37?,38-,39-,40-,41+,42+,43+/m1/s1. The van der Waals surface area contributed by atoms with E-state index in [0.29, 0.717) is 37.9 Å². The third-order valence-corrected chi connectivity index (χ3v) is 16.8. The zero-order valence-corrected chi connectivity index (χ0v) is 35.1. The number of fused-ring (bicyclic) bond motifs is 3. The molecule has 1 aromatic heterocycles. The summed E-state index contributed by atoms with van der Waals surface area (Å²) in [7, 11) is 0. The number of carbonyl (C=O) groups is 2. The van der Waals surface area contributed by atoms with Crippen molar-refractivity contribution in [1.29, 1.82) is 0 Å². The Labute approximate surface area is 323 Å². The zero-order chi connectivity index (χ0) is 39.6. The highest BCUT2D eigenvalue weighted by Gasteiger charge is 2.72. The van der Waals surface area contributed by atoms with Gasteiger partial charge in [-0.15, -0.1) is 0 Å². The topological polar surface area (TPSA) is 128 Å². The summed E-state index contributed by atoms with van der Waals surface area (Å²) in [5.41, 5.74) is -0.747. The average molecular weight is 756 g/mol. The third kappa shape index (κ3) is 6.11. The lowest BCUT2D eigenvalue weighted by Gasteiger charge is -2.71. The number of allylic oxidation sites excluding steroid dienone is 1. The van der Waals surface area contributed by atoms with E-state index in [4.69, 9.17) is 14.6 Å². The lowest BCUT2D eigenvalue weighted by Crippen LogP contribution is -2.68. The van der Waals surface area contributed by atoms with Gasteiger partial charge in [-0.3, -0.25) is 9.59 Å². The summed E-state index contributed by atoms with van der Waals surface area (Å²) in [6, 6.07) is 0. The fourth-order valence-electron chi connectivity index (χ4n) is 13.0. The van der Waals surface area contributed by atoms with E-state index in [2.05, 4.69) is 97.9 Å². The number of halogens is 1. The van der Waals surface area contributed by atoms with E-state index in [-0.39, 0.29) is 58.0 Å². The number of nitrogens with zero attached hydrogens (tertiary/aromatic N) is 3. The molecule has 3 saturated carbocycles. The van der Waals surface area contributed by atoms with Crippen molar-refractivity contribution < 1.29 is 28.6 Å². The molecule has 1 amide bonds. The lowest BCUT2D eigenvalue weighted by atomic mass is 9.34. The van der Waals surface area contributed by atoms with Gasteiger partial charge in [0.1, 0.15) is 13.0 Å². The first-order chi connectivity index (χ1) is 25.3. The Morgan fingerprint density at radius 3 is 2.46 bits per heavy atom. The lowest BCUT2D eigenvalue weighted by molar-refractivity contribution is -0.273. The molecule has 6 rings (SSSR count). The SMILES string of the molecule is CCN[C@@](C)(CO[C@@H]1C[C@]2(C)COC(n3ncnc3C(=O)NCCF)[C@@]3(C1)C1=CC[C@@]4(C)[C@H](C(=O)O)[C@@](C)([C@H](C)C(C)C)CC[C@]4(C)[C@H]1CC[C@H]23)C(C)C. The van der Waals surface area contributed by atoms with Crippen LogP contribution >= 0.6 is 0 Å². The van der Waals surface area contributed by atoms with E-state index in [1.54, 1.807) is 4.68 Å². The summed E-state index contributed by atoms with van der Waals surface area (Å²) >= 11 is 0. The van der Waals surface area contributed by atoms with Gasteiger partial charge in [-0.05, 0) is 110 Å². The van der Waals surface area contributed by atoms with Crippen molar-refractivity contribution in [3.8, 4) is 0 Å². The quantitative estimate of drug-likeness (QED) is 0.174. The van der Waals surface area contributed by atoms with Crippen LogP contribution in [0.5, 0.6) is 0 Å². The molecule has 54 heavy (non-hydrogen) atoms. The molecule has 0 aromatic carbocycles. The first-order valence-corrected chi connectivity index (χ1v) is 20.9. The molecule has 5 aliphatic rings. The Balaban J connectivity index is 1.51. The molecule has 1 aliphatic heterocycles. The number of aromatic nitrogens is 3. The van der Waals surface area contributed by atoms with Crippen LogP contribution in [0.3, 0.4) is 0 Å². The van der Waals surface area contributed by atoms with Gasteiger partial charge >= 0.3 is 5.97 Å². The minimum Gasteiger partial charge on any atom is -0.481 e. The van der Waals surface area contributed by atoms with Gasteiger partial charge in [-0.25, -0.2) is 14.1 Å². The number of aliphatic carboxylic acids is 1. The van der Waals surface area contributed by atoms with Crippen LogP contribution in [0.1, 0.15) is 138 Å². The van der Waals surface area contributed by atoms with Gasteiger partial charge in [-0.2, -0.15) is 5.10 Å². The molecule has 304 valence electrons. The van der Waals surface area contributed by atoms with Gasteiger partial charge in [0, 0.05) is 17.5 Å². The second-order valence-corrected chi connectivity index (χ2v) is 20.0. The molecule has 11 heteroatoms. The molecular weight excluding hydrogens is 686 g/mol. The predicted molar refractivity (Wildman–Crippen MR) is 207 cm³/mol. The minimum absolute atomic E-state index is 0.0733. The summed E-state index contributed by atoms with van der Waals surface area (Å²) in [6.07, 6.45) is 9.09. The molecule has 1 unspecified atom stereocenters. The number of carboxylic acid groups (broad SMARTS) is 1. The second kappa shape index (κ2) is 14.5. The van der Waals surface area contributed by atoms with Crippen LogP contribution in [0.2, 0.25) is 0 Å². The normalized spacial score (nSPS) is 40.6. The van der Waals surface area contributed by atoms with Crippen LogP contribution in [0, 0.1) is 62.6 Å². The molecule has 0 spiro atoms. The highest BCUT2D eigenvalue weighted by Crippen LogP contribution is 2.76. The highest BCUT2D eigenvalue weighted by molar-refractivity contribution is 5.90. The number of carbonyl (C=O) groups excluding carboxylic acids is 1. The van der Waals surface area contributed by atoms with Crippen LogP contribution in [-0.2, 0) is 14.3 Å². The summed E-state index contributed by atoms with van der Waals surface area (Å²) in [5, 5.41) is 22.2. The van der Waals surface area contributed by atoms with Gasteiger partial charge < -0.3 is 25.2 Å². The fraction of sp³-hybridized carbons (Fsp3) is 0.860. The molecule has 4 aliphatic carbocycles. The molecule has 1 aromatic rings. The Morgan fingerprint density at radius 2 is 1.83 bits per heavy atom. The van der Waals surface area contributed by atoms with Crippen molar-refractivity contribution >= 4 is 11.9 Å². The Morgan fingerprint density at radius 1 is 1.11 bits per heavy atom. The summed E-state index contributed by atoms with van der Waals surface area (Å²) in [6.45, 7) is 25.9. The van der Waals surface area contributed by atoms with Crippen molar-refractivity contribution in [2.24, 2.45) is 62.6 Å². The maximum Gasteiger partial charge on any atom is 0.307 e. The number of ether oxygens (including phenoxy) is 2. The molecule has 3 N–H and O–H groups in total. The van der Waals surface area contributed by atoms with E-state index in [0.717, 1.165) is 38.6 Å². The van der Waals surface area contributed by atoms with Crippen LogP contribution in [-0.4, -0.2) is 76.4 Å². The molecule has 2 bridgehead atoms. The van der Waals surface area contributed by atoms with Crippen molar-refractivity contribution in [1.82, 2.24) is 25.4 Å². The Hall–Kier alpha value is -2.37. The highest BCUT2D eigenvalue weighted by atomic mass is 19.1. The van der Waals surface area contributed by atoms with Crippen LogP contribution in [0.25, 0.3) is 0 Å². The van der Waals surface area contributed by atoms with Gasteiger partial charge in [0.15, 0.2) is 6.23 Å². The van der Waals surface area contributed by atoms with Crippen LogP contribution in [0.4, 0.5) is 4.39 Å². The molecule has 4 fully saturated rings. The van der Waals surface area contributed by atoms with Gasteiger partial charge in [-0.1, -0.05) is 80.9 Å². The summed E-state index contributed by atoms with van der Waals surface area (Å²) < 4.78 is 29.0. The minimum atomic E-state index is -0.680. The smallest absolute Gasteiger partial charge is 0.307 e. The van der Waals surface area contributed by atoms with Crippen molar-refractivity contribution in [3.63, 3.8) is 0 Å². The zero-order valence-electron chi connectivity index (χ0n) is 35.1. The van der Waals surface area contributed by atoms with Gasteiger partial charge in [0.05, 0.1) is 25.2 Å². The van der Waals surface area contributed by atoms with Crippen molar-refractivity contribution in [2.75, 3.05) is 33.0 Å². The Kier molecular flexibility index (Phi) is 11.1. The molecular formula is C43H70FN5O5. The van der Waals surface area contributed by atoms with E-state index in [1.807, 2.05) is 0 Å². The molecule has 1 saturated heterocycles. The first-order valence-electron chi connectivity index (χ1n) is 20.9. The third-order valence-electron chi connectivity index (χ3n) is 16.8. The average Bonchev–Trinajstić information content (AvgIpc) is 3.59. The molecule has 2 heterocycles. The van der Waals surface area contributed by atoms with Crippen LogP contribution in [0.15, 0.2) is 18.0 Å². The molecule has 10 nitrogen and oxygen atoms in total.